The predicted octanol–water partition coefficient (Wildman–Crippen LogP) is 1.70. The molecule has 0 heterocycles. The average Bonchev–Trinajstić information content (AvgIpc) is 2.24. The molecule has 0 unspecified atom stereocenters. The van der Waals surface area contributed by atoms with Crippen molar-refractivity contribution in [3.63, 3.8) is 0 Å². The van der Waals surface area contributed by atoms with Crippen LogP contribution in [0.2, 0.25) is 0 Å². The van der Waals surface area contributed by atoms with Gasteiger partial charge in [0, 0.05) is 20.0 Å². The standard InChI is InChI=1S/C13H24N2O4/c1-9(2)6-7-15(5)12(19)14-10(16)8-13(3,4)11(17)18/h9H,6-8H2,1-5H3,(H,17,18)(H,14,16,19). The van der Waals surface area contributed by atoms with Gasteiger partial charge in [0.25, 0.3) is 0 Å². The number of nitrogens with zero attached hydrogens (tertiary/aromatic N) is 1. The number of urea groups is 1. The number of carbonyl (C=O) groups is 3. The van der Waals surface area contributed by atoms with E-state index in [9.17, 15) is 14.4 Å². The molecule has 0 aromatic heterocycles. The molecule has 6 heteroatoms. The quantitative estimate of drug-likeness (QED) is 0.770. The highest BCUT2D eigenvalue weighted by molar-refractivity contribution is 5.96. The molecule has 0 atom stereocenters. The highest BCUT2D eigenvalue weighted by Gasteiger charge is 2.30. The lowest BCUT2D eigenvalue weighted by atomic mass is 9.89. The molecule has 6 nitrogen and oxygen atoms in total. The summed E-state index contributed by atoms with van der Waals surface area (Å²) in [6.45, 7) is 7.54. The second-order valence-electron chi connectivity index (χ2n) is 5.82. The van der Waals surface area contributed by atoms with Crippen molar-refractivity contribution >= 4 is 17.9 Å². The van der Waals surface area contributed by atoms with E-state index in [1.807, 2.05) is 13.8 Å². The molecule has 110 valence electrons. The number of hydrogen-bond donors (Lipinski definition) is 2. The summed E-state index contributed by atoms with van der Waals surface area (Å²) in [4.78, 5) is 35.6. The van der Waals surface area contributed by atoms with Crippen LogP contribution in [0.4, 0.5) is 4.79 Å². The number of imide groups is 1. The number of rotatable bonds is 6. The molecule has 0 radical (unpaired) electrons. The lowest BCUT2D eigenvalue weighted by Gasteiger charge is -2.21. The van der Waals surface area contributed by atoms with Gasteiger partial charge in [0.05, 0.1) is 5.41 Å². The fraction of sp³-hybridized carbons (Fsp3) is 0.769. The minimum absolute atomic E-state index is 0.230. The molecule has 3 amide bonds. The van der Waals surface area contributed by atoms with Crippen LogP contribution in [0.1, 0.15) is 40.5 Å². The van der Waals surface area contributed by atoms with E-state index in [-0.39, 0.29) is 6.42 Å². The average molecular weight is 272 g/mol. The number of carbonyl (C=O) groups excluding carboxylic acids is 2. The Morgan fingerprint density at radius 2 is 1.79 bits per heavy atom. The minimum Gasteiger partial charge on any atom is -0.481 e. The van der Waals surface area contributed by atoms with E-state index in [1.165, 1.54) is 18.7 Å². The Hall–Kier alpha value is -1.59. The molecule has 0 aliphatic carbocycles. The lowest BCUT2D eigenvalue weighted by Crippen LogP contribution is -2.43. The van der Waals surface area contributed by atoms with Crippen LogP contribution in [-0.2, 0) is 9.59 Å². The Bertz CT molecular complexity index is 351. The highest BCUT2D eigenvalue weighted by atomic mass is 16.4. The van der Waals surface area contributed by atoms with Crippen molar-refractivity contribution in [1.29, 1.82) is 0 Å². The van der Waals surface area contributed by atoms with E-state index in [1.54, 1.807) is 7.05 Å². The number of hydrogen-bond acceptors (Lipinski definition) is 3. The fourth-order valence-electron chi connectivity index (χ4n) is 1.29. The van der Waals surface area contributed by atoms with Crippen molar-refractivity contribution in [2.24, 2.45) is 11.3 Å². The van der Waals surface area contributed by atoms with E-state index in [2.05, 4.69) is 5.32 Å². The molecule has 0 spiro atoms. The maximum atomic E-state index is 11.7. The molecule has 2 N–H and O–H groups in total. The van der Waals surface area contributed by atoms with Gasteiger partial charge >= 0.3 is 12.0 Å². The maximum Gasteiger partial charge on any atom is 0.323 e. The van der Waals surface area contributed by atoms with Crippen LogP contribution in [0.15, 0.2) is 0 Å². The summed E-state index contributed by atoms with van der Waals surface area (Å²) in [5, 5.41) is 11.1. The molecule has 0 aromatic carbocycles. The molecule has 19 heavy (non-hydrogen) atoms. The fourth-order valence-corrected chi connectivity index (χ4v) is 1.29. The van der Waals surface area contributed by atoms with Crippen LogP contribution < -0.4 is 5.32 Å². The Labute approximate surface area is 114 Å². The molecule has 0 aliphatic heterocycles. The zero-order valence-corrected chi connectivity index (χ0v) is 12.3. The molecule has 0 saturated heterocycles. The smallest absolute Gasteiger partial charge is 0.323 e. The molecular weight excluding hydrogens is 248 g/mol. The van der Waals surface area contributed by atoms with E-state index < -0.39 is 23.3 Å². The molecule has 0 rings (SSSR count). The summed E-state index contributed by atoms with van der Waals surface area (Å²) in [5.41, 5.74) is -1.18. The van der Waals surface area contributed by atoms with E-state index in [4.69, 9.17) is 5.11 Å². The van der Waals surface area contributed by atoms with Gasteiger partial charge in [-0.15, -0.1) is 0 Å². The summed E-state index contributed by atoms with van der Waals surface area (Å²) in [6.07, 6.45) is 0.616. The van der Waals surface area contributed by atoms with Gasteiger partial charge in [-0.3, -0.25) is 14.9 Å². The molecule has 0 bridgehead atoms. The zero-order chi connectivity index (χ0) is 15.2. The van der Waals surface area contributed by atoms with Crippen molar-refractivity contribution < 1.29 is 19.5 Å². The number of aliphatic carboxylic acids is 1. The van der Waals surface area contributed by atoms with Crippen molar-refractivity contribution in [2.45, 2.75) is 40.5 Å². The second-order valence-corrected chi connectivity index (χ2v) is 5.82. The van der Waals surface area contributed by atoms with E-state index in [0.29, 0.717) is 12.5 Å². The van der Waals surface area contributed by atoms with Gasteiger partial charge in [-0.2, -0.15) is 0 Å². The zero-order valence-electron chi connectivity index (χ0n) is 12.3. The largest absolute Gasteiger partial charge is 0.481 e. The predicted molar refractivity (Wildman–Crippen MR) is 71.7 cm³/mol. The van der Waals surface area contributed by atoms with Gasteiger partial charge in [-0.05, 0) is 26.2 Å². The van der Waals surface area contributed by atoms with Gasteiger partial charge < -0.3 is 10.0 Å². The topological polar surface area (TPSA) is 86.7 Å². The Balaban J connectivity index is 4.26. The molecule has 0 fully saturated rings. The highest BCUT2D eigenvalue weighted by Crippen LogP contribution is 2.19. The first-order valence-electron chi connectivity index (χ1n) is 6.34. The van der Waals surface area contributed by atoms with Crippen molar-refractivity contribution in [2.75, 3.05) is 13.6 Å². The summed E-state index contributed by atoms with van der Waals surface area (Å²) in [5.74, 6) is -1.17. The van der Waals surface area contributed by atoms with Gasteiger partial charge in [0.15, 0.2) is 0 Å². The Kier molecular flexibility index (Phi) is 6.52. The van der Waals surface area contributed by atoms with Crippen LogP contribution in [0.3, 0.4) is 0 Å². The first kappa shape index (κ1) is 17.4. The number of carboxylic acids is 1. The first-order chi connectivity index (χ1) is 8.56. The van der Waals surface area contributed by atoms with E-state index >= 15 is 0 Å². The van der Waals surface area contributed by atoms with Crippen molar-refractivity contribution in [3.05, 3.63) is 0 Å². The lowest BCUT2D eigenvalue weighted by molar-refractivity contribution is -0.149. The van der Waals surface area contributed by atoms with Crippen LogP contribution in [-0.4, -0.2) is 41.5 Å². The summed E-state index contributed by atoms with van der Waals surface area (Å²) in [7, 11) is 1.60. The maximum absolute atomic E-state index is 11.7. The first-order valence-corrected chi connectivity index (χ1v) is 6.34. The summed E-state index contributed by atoms with van der Waals surface area (Å²) in [6, 6.07) is -0.494. The SMILES string of the molecule is CC(C)CCN(C)C(=O)NC(=O)CC(C)(C)C(=O)O. The number of nitrogens with one attached hydrogen (secondary N) is 1. The minimum atomic E-state index is -1.18. The van der Waals surface area contributed by atoms with Gasteiger partial charge in [0.2, 0.25) is 5.91 Å². The third-order valence-electron chi connectivity index (χ3n) is 2.82. The van der Waals surface area contributed by atoms with Crippen LogP contribution in [0, 0.1) is 11.3 Å². The molecule has 0 aromatic rings. The van der Waals surface area contributed by atoms with Gasteiger partial charge in [-0.1, -0.05) is 13.8 Å². The van der Waals surface area contributed by atoms with Gasteiger partial charge in [-0.25, -0.2) is 4.79 Å². The van der Waals surface area contributed by atoms with Crippen LogP contribution in [0.25, 0.3) is 0 Å². The van der Waals surface area contributed by atoms with Gasteiger partial charge in [0.1, 0.15) is 0 Å². The molecule has 0 saturated carbocycles. The summed E-state index contributed by atoms with van der Waals surface area (Å²) < 4.78 is 0. The third-order valence-corrected chi connectivity index (χ3v) is 2.82. The Morgan fingerprint density at radius 1 is 1.26 bits per heavy atom. The number of amides is 3. The van der Waals surface area contributed by atoms with Crippen LogP contribution >= 0.6 is 0 Å². The molecule has 0 aliphatic rings. The Morgan fingerprint density at radius 3 is 2.21 bits per heavy atom. The monoisotopic (exact) mass is 272 g/mol. The van der Waals surface area contributed by atoms with Crippen molar-refractivity contribution in [1.82, 2.24) is 10.2 Å². The van der Waals surface area contributed by atoms with Crippen molar-refractivity contribution in [3.8, 4) is 0 Å². The molecular formula is C13H24N2O4. The third kappa shape index (κ3) is 6.79. The van der Waals surface area contributed by atoms with E-state index in [0.717, 1.165) is 6.42 Å². The second kappa shape index (κ2) is 7.11. The van der Waals surface area contributed by atoms with Crippen LogP contribution in [0.5, 0.6) is 0 Å². The number of carboxylic acid groups (broad SMARTS) is 1. The summed E-state index contributed by atoms with van der Waals surface area (Å²) >= 11 is 0. The normalized spacial score (nSPS) is 11.3.